The molecule has 0 saturated heterocycles. The molecule has 0 fully saturated rings. The first kappa shape index (κ1) is 14.4. The molecular weight excluding hydrogens is 331 g/mol. The Morgan fingerprint density at radius 3 is 2.76 bits per heavy atom. The van der Waals surface area contributed by atoms with Gasteiger partial charge >= 0.3 is 6.18 Å². The van der Waals surface area contributed by atoms with Gasteiger partial charge in [-0.2, -0.15) is 23.4 Å². The molecule has 126 valence electrons. The van der Waals surface area contributed by atoms with Crippen LogP contribution in [0.4, 0.5) is 13.2 Å². The smallest absolute Gasteiger partial charge is 0.284 e. The van der Waals surface area contributed by atoms with Gasteiger partial charge in [-0.3, -0.25) is 10.2 Å². The van der Waals surface area contributed by atoms with Crippen molar-refractivity contribution in [1.29, 1.82) is 0 Å². The number of H-pyrrole nitrogens is 2. The number of aromatic nitrogens is 5. The summed E-state index contributed by atoms with van der Waals surface area (Å²) in [6.45, 7) is 0. The molecular formula is C17H12F3N5. The summed E-state index contributed by atoms with van der Waals surface area (Å²) in [5.41, 5.74) is 3.00. The van der Waals surface area contributed by atoms with Gasteiger partial charge in [0.2, 0.25) is 0 Å². The van der Waals surface area contributed by atoms with E-state index < -0.39 is 11.9 Å². The Kier molecular flexibility index (Phi) is 2.78. The van der Waals surface area contributed by atoms with Gasteiger partial charge < -0.3 is 0 Å². The van der Waals surface area contributed by atoms with Gasteiger partial charge in [0.1, 0.15) is 0 Å². The summed E-state index contributed by atoms with van der Waals surface area (Å²) in [4.78, 5) is 4.59. The third-order valence-electron chi connectivity index (χ3n) is 4.80. The van der Waals surface area contributed by atoms with E-state index in [1.165, 1.54) is 6.20 Å². The van der Waals surface area contributed by atoms with Crippen molar-refractivity contribution in [1.82, 2.24) is 25.4 Å². The van der Waals surface area contributed by atoms with Gasteiger partial charge in [-0.15, -0.1) is 0 Å². The zero-order valence-electron chi connectivity index (χ0n) is 12.9. The van der Waals surface area contributed by atoms with Crippen molar-refractivity contribution in [2.24, 2.45) is 0 Å². The molecule has 0 atom stereocenters. The summed E-state index contributed by atoms with van der Waals surface area (Å²) in [5, 5.41) is 14.7. The fraction of sp³-hybridized carbons (Fsp3) is 0.235. The molecule has 1 aliphatic carbocycles. The standard InChI is InChI=1S/C17H12F3N5/c18-17(19,20)16-11(7-22-25-16)15-9-3-1-2-8(9)14-10-6-21-24-12(10)4-5-13(14)23-15/h4-7H,1-3H2,(H,21,24)(H,22,25). The molecule has 0 unspecified atom stereocenters. The highest BCUT2D eigenvalue weighted by Crippen LogP contribution is 2.41. The van der Waals surface area contributed by atoms with E-state index in [4.69, 9.17) is 0 Å². The molecule has 0 bridgehead atoms. The summed E-state index contributed by atoms with van der Waals surface area (Å²) in [7, 11) is 0. The monoisotopic (exact) mass is 343 g/mol. The topological polar surface area (TPSA) is 70.2 Å². The molecule has 0 saturated carbocycles. The van der Waals surface area contributed by atoms with E-state index in [-0.39, 0.29) is 5.56 Å². The molecule has 5 rings (SSSR count). The maximum absolute atomic E-state index is 13.3. The van der Waals surface area contributed by atoms with Gasteiger partial charge in [-0.25, -0.2) is 4.98 Å². The number of fused-ring (bicyclic) bond motifs is 5. The Hall–Kier alpha value is -2.90. The number of pyridine rings is 1. The summed E-state index contributed by atoms with van der Waals surface area (Å²) < 4.78 is 39.8. The van der Waals surface area contributed by atoms with E-state index in [9.17, 15) is 13.2 Å². The van der Waals surface area contributed by atoms with E-state index in [0.29, 0.717) is 17.6 Å². The lowest BCUT2D eigenvalue weighted by atomic mass is 9.97. The average Bonchev–Trinajstić information content (AvgIpc) is 3.31. The van der Waals surface area contributed by atoms with E-state index in [1.807, 2.05) is 12.1 Å². The van der Waals surface area contributed by atoms with Crippen molar-refractivity contribution in [3.8, 4) is 11.3 Å². The lowest BCUT2D eigenvalue weighted by Gasteiger charge is -2.13. The Bertz CT molecular complexity index is 1120. The molecule has 2 N–H and O–H groups in total. The number of nitrogens with zero attached hydrogens (tertiary/aromatic N) is 3. The van der Waals surface area contributed by atoms with Gasteiger partial charge in [-0.1, -0.05) is 0 Å². The van der Waals surface area contributed by atoms with Crippen molar-refractivity contribution in [3.63, 3.8) is 0 Å². The number of halogens is 3. The number of alkyl halides is 3. The van der Waals surface area contributed by atoms with Crippen LogP contribution in [0, 0.1) is 0 Å². The summed E-state index contributed by atoms with van der Waals surface area (Å²) in [6.07, 6.45) is 0.945. The van der Waals surface area contributed by atoms with Crippen LogP contribution >= 0.6 is 0 Å². The highest BCUT2D eigenvalue weighted by Gasteiger charge is 2.38. The lowest BCUT2D eigenvalue weighted by molar-refractivity contribution is -0.140. The molecule has 3 heterocycles. The van der Waals surface area contributed by atoms with E-state index >= 15 is 0 Å². The molecule has 5 nitrogen and oxygen atoms in total. The molecule has 1 aliphatic rings. The van der Waals surface area contributed by atoms with Crippen LogP contribution in [-0.2, 0) is 19.0 Å². The fourth-order valence-corrected chi connectivity index (χ4v) is 3.79. The van der Waals surface area contributed by atoms with Gasteiger partial charge in [0.25, 0.3) is 0 Å². The molecule has 25 heavy (non-hydrogen) atoms. The zero-order valence-corrected chi connectivity index (χ0v) is 12.9. The van der Waals surface area contributed by atoms with Crippen molar-refractivity contribution >= 4 is 21.8 Å². The fourth-order valence-electron chi connectivity index (χ4n) is 3.79. The molecule has 0 aliphatic heterocycles. The van der Waals surface area contributed by atoms with Crippen LogP contribution in [0.5, 0.6) is 0 Å². The largest absolute Gasteiger partial charge is 0.435 e. The minimum atomic E-state index is -4.52. The summed E-state index contributed by atoms with van der Waals surface area (Å²) in [6, 6.07) is 3.67. The second-order valence-corrected chi connectivity index (χ2v) is 6.21. The molecule has 1 aromatic carbocycles. The average molecular weight is 343 g/mol. The van der Waals surface area contributed by atoms with Gasteiger partial charge in [0, 0.05) is 17.0 Å². The quantitative estimate of drug-likeness (QED) is 0.549. The first-order valence-corrected chi connectivity index (χ1v) is 7.93. The van der Waals surface area contributed by atoms with E-state index in [0.717, 1.165) is 40.3 Å². The Balaban J connectivity index is 1.87. The highest BCUT2D eigenvalue weighted by molar-refractivity contribution is 6.07. The zero-order chi connectivity index (χ0) is 17.2. The van der Waals surface area contributed by atoms with Crippen LogP contribution in [0.25, 0.3) is 33.1 Å². The Labute approximate surface area is 139 Å². The number of nitrogens with one attached hydrogen (secondary N) is 2. The maximum Gasteiger partial charge on any atom is 0.435 e. The normalized spacial score (nSPS) is 14.5. The predicted octanol–water partition coefficient (Wildman–Crippen LogP) is 4.01. The van der Waals surface area contributed by atoms with Gasteiger partial charge in [-0.05, 0) is 42.5 Å². The first-order chi connectivity index (χ1) is 12.0. The third kappa shape index (κ3) is 2.00. The maximum atomic E-state index is 13.3. The Morgan fingerprint density at radius 1 is 1.08 bits per heavy atom. The lowest BCUT2D eigenvalue weighted by Crippen LogP contribution is -2.08. The summed E-state index contributed by atoms with van der Waals surface area (Å²) in [5.74, 6) is 0. The van der Waals surface area contributed by atoms with Crippen LogP contribution in [0.15, 0.2) is 24.5 Å². The molecule has 3 aromatic heterocycles. The predicted molar refractivity (Wildman–Crippen MR) is 86.0 cm³/mol. The second-order valence-electron chi connectivity index (χ2n) is 6.21. The van der Waals surface area contributed by atoms with E-state index in [1.54, 1.807) is 6.20 Å². The third-order valence-corrected chi connectivity index (χ3v) is 4.80. The number of aryl methyl sites for hydroxylation is 1. The number of benzene rings is 1. The Morgan fingerprint density at radius 2 is 1.92 bits per heavy atom. The van der Waals surface area contributed by atoms with Crippen LogP contribution < -0.4 is 0 Å². The van der Waals surface area contributed by atoms with Crippen molar-refractivity contribution < 1.29 is 13.2 Å². The molecule has 4 aromatic rings. The minimum Gasteiger partial charge on any atom is -0.284 e. The SMILES string of the molecule is FC(F)(F)c1n[nH]cc1-c1nc2ccc3[nH]ncc3c2c2c1CCC2. The van der Waals surface area contributed by atoms with Crippen LogP contribution in [0.2, 0.25) is 0 Å². The van der Waals surface area contributed by atoms with Gasteiger partial charge in [0.15, 0.2) is 5.69 Å². The molecule has 0 amide bonds. The molecule has 0 spiro atoms. The first-order valence-electron chi connectivity index (χ1n) is 7.93. The van der Waals surface area contributed by atoms with Crippen molar-refractivity contribution in [2.45, 2.75) is 25.4 Å². The minimum absolute atomic E-state index is 0.0137. The number of hydrogen-bond donors (Lipinski definition) is 2. The number of rotatable bonds is 1. The molecule has 0 radical (unpaired) electrons. The van der Waals surface area contributed by atoms with E-state index in [2.05, 4.69) is 25.4 Å². The molecule has 8 heteroatoms. The summed E-state index contributed by atoms with van der Waals surface area (Å²) >= 11 is 0. The van der Waals surface area contributed by atoms with Crippen molar-refractivity contribution in [2.75, 3.05) is 0 Å². The van der Waals surface area contributed by atoms with Crippen LogP contribution in [0.1, 0.15) is 23.2 Å². The van der Waals surface area contributed by atoms with Crippen molar-refractivity contribution in [3.05, 3.63) is 41.3 Å². The highest BCUT2D eigenvalue weighted by atomic mass is 19.4. The van der Waals surface area contributed by atoms with Crippen LogP contribution in [-0.4, -0.2) is 25.4 Å². The van der Waals surface area contributed by atoms with Crippen LogP contribution in [0.3, 0.4) is 0 Å². The second kappa shape index (κ2) is 4.81. The van der Waals surface area contributed by atoms with Gasteiger partial charge in [0.05, 0.1) is 28.5 Å². The number of hydrogen-bond acceptors (Lipinski definition) is 3. The number of aromatic amines is 2.